The molecule has 0 saturated heterocycles. The molecule has 8 nitrogen and oxygen atoms in total. The molecule has 0 aliphatic heterocycles. The van der Waals surface area contributed by atoms with E-state index >= 15 is 0 Å². The van der Waals surface area contributed by atoms with Gasteiger partial charge in [0.2, 0.25) is 5.13 Å². The Morgan fingerprint density at radius 1 is 0.907 bits per heavy atom. The topological polar surface area (TPSA) is 113 Å². The Hall–Kier alpha value is -4.22. The molecule has 0 saturated carbocycles. The van der Waals surface area contributed by atoms with Crippen LogP contribution in [-0.2, 0) is 11.3 Å². The van der Waals surface area contributed by atoms with Crippen molar-refractivity contribution >= 4 is 79.3 Å². The van der Waals surface area contributed by atoms with Gasteiger partial charge in [-0.2, -0.15) is 0 Å². The number of ether oxygens (including phenoxy) is 1. The number of nitrogens with zero attached hydrogens (tertiary/aromatic N) is 3. The van der Waals surface area contributed by atoms with Gasteiger partial charge in [0.15, 0.2) is 0 Å². The summed E-state index contributed by atoms with van der Waals surface area (Å²) in [5.74, 6) is -1.15. The molecule has 5 aromatic rings. The number of aromatic nitrogens is 2. The van der Waals surface area contributed by atoms with Crippen molar-refractivity contribution in [1.29, 1.82) is 0 Å². The first-order chi connectivity index (χ1) is 20.7. The summed E-state index contributed by atoms with van der Waals surface area (Å²) in [5, 5.41) is 29.2. The molecule has 4 aromatic carbocycles. The van der Waals surface area contributed by atoms with Crippen LogP contribution in [0.3, 0.4) is 0 Å². The third-order valence-electron chi connectivity index (χ3n) is 6.07. The molecule has 43 heavy (non-hydrogen) atoms. The first kappa shape index (κ1) is 30.2. The number of carboxylic acids is 2. The number of anilines is 2. The van der Waals surface area contributed by atoms with E-state index in [2.05, 4.69) is 26.1 Å². The van der Waals surface area contributed by atoms with Crippen LogP contribution >= 0.6 is 50.5 Å². The number of hydrogen-bond acceptors (Lipinski definition) is 7. The van der Waals surface area contributed by atoms with Gasteiger partial charge in [0.05, 0.1) is 22.2 Å². The lowest BCUT2D eigenvalue weighted by atomic mass is 10.1. The van der Waals surface area contributed by atoms with Gasteiger partial charge in [-0.1, -0.05) is 80.8 Å². The van der Waals surface area contributed by atoms with E-state index in [4.69, 9.17) is 33.0 Å². The highest BCUT2D eigenvalue weighted by Gasteiger charge is 2.18. The van der Waals surface area contributed by atoms with Crippen molar-refractivity contribution < 1.29 is 24.5 Å². The fourth-order valence-electron chi connectivity index (χ4n) is 4.03. The SMILES string of the molecule is O=C(O)/C=C/c1ccc(CN(c2ccc(Cl)c(Cl)c2)c2nnc(-c3cccc(Oc4cccc(C(=O)O)c4)c3)s2)cc1Br. The fourth-order valence-corrected chi connectivity index (χ4v) is 5.74. The molecule has 0 spiro atoms. The Morgan fingerprint density at radius 3 is 2.40 bits per heavy atom. The highest BCUT2D eigenvalue weighted by Crippen LogP contribution is 2.38. The monoisotopic (exact) mass is 695 g/mol. The molecule has 5 rings (SSSR count). The predicted molar refractivity (Wildman–Crippen MR) is 172 cm³/mol. The molecular weight excluding hydrogens is 677 g/mol. The minimum atomic E-state index is -1.04. The van der Waals surface area contributed by atoms with Gasteiger partial charge in [-0.25, -0.2) is 9.59 Å². The third-order valence-corrected chi connectivity index (χ3v) is 8.49. The molecule has 0 atom stereocenters. The van der Waals surface area contributed by atoms with Gasteiger partial charge in [-0.3, -0.25) is 0 Å². The van der Waals surface area contributed by atoms with E-state index in [1.54, 1.807) is 30.3 Å². The van der Waals surface area contributed by atoms with E-state index < -0.39 is 11.9 Å². The zero-order valence-corrected chi connectivity index (χ0v) is 25.9. The summed E-state index contributed by atoms with van der Waals surface area (Å²) in [6.45, 7) is 0.400. The van der Waals surface area contributed by atoms with Crippen LogP contribution in [-0.4, -0.2) is 32.3 Å². The molecule has 216 valence electrons. The Bertz CT molecular complexity index is 1860. The van der Waals surface area contributed by atoms with Crippen molar-refractivity contribution in [2.45, 2.75) is 6.54 Å². The molecule has 0 bridgehead atoms. The van der Waals surface area contributed by atoms with Crippen molar-refractivity contribution in [3.8, 4) is 22.1 Å². The van der Waals surface area contributed by atoms with E-state index in [1.807, 2.05) is 47.4 Å². The average Bonchev–Trinajstić information content (AvgIpc) is 3.47. The normalized spacial score (nSPS) is 11.0. The number of aliphatic carboxylic acids is 1. The summed E-state index contributed by atoms with van der Waals surface area (Å²) in [7, 11) is 0. The second-order valence-corrected chi connectivity index (χ2v) is 11.7. The highest BCUT2D eigenvalue weighted by molar-refractivity contribution is 9.10. The molecule has 0 fully saturated rings. The second-order valence-electron chi connectivity index (χ2n) is 9.06. The molecular formula is C31H20BrCl2N3O5S. The van der Waals surface area contributed by atoms with Crippen LogP contribution in [0.4, 0.5) is 10.8 Å². The minimum Gasteiger partial charge on any atom is -0.478 e. The highest BCUT2D eigenvalue weighted by atomic mass is 79.9. The van der Waals surface area contributed by atoms with Crippen molar-refractivity contribution in [3.63, 3.8) is 0 Å². The number of aromatic carboxylic acids is 1. The Kier molecular flexibility index (Phi) is 9.42. The van der Waals surface area contributed by atoms with Crippen molar-refractivity contribution in [3.05, 3.63) is 122 Å². The number of benzene rings is 4. The first-order valence-corrected chi connectivity index (χ1v) is 14.9. The maximum atomic E-state index is 11.3. The zero-order chi connectivity index (χ0) is 30.5. The quantitative estimate of drug-likeness (QED) is 0.139. The summed E-state index contributed by atoms with van der Waals surface area (Å²) < 4.78 is 6.66. The van der Waals surface area contributed by atoms with Crippen LogP contribution < -0.4 is 9.64 Å². The summed E-state index contributed by atoms with van der Waals surface area (Å²) in [6.07, 6.45) is 2.60. The van der Waals surface area contributed by atoms with E-state index in [0.717, 1.165) is 32.9 Å². The van der Waals surface area contributed by atoms with Gasteiger partial charge in [-0.05, 0) is 71.8 Å². The number of rotatable bonds is 10. The van der Waals surface area contributed by atoms with E-state index in [-0.39, 0.29) is 5.56 Å². The summed E-state index contributed by atoms with van der Waals surface area (Å²) in [6, 6.07) is 24.5. The third kappa shape index (κ3) is 7.60. The minimum absolute atomic E-state index is 0.128. The van der Waals surface area contributed by atoms with E-state index in [1.165, 1.54) is 29.5 Å². The Morgan fingerprint density at radius 2 is 1.67 bits per heavy atom. The molecule has 1 heterocycles. The van der Waals surface area contributed by atoms with Crippen LogP contribution in [0.2, 0.25) is 10.0 Å². The van der Waals surface area contributed by atoms with Crippen LogP contribution in [0.25, 0.3) is 16.6 Å². The largest absolute Gasteiger partial charge is 0.478 e. The smallest absolute Gasteiger partial charge is 0.335 e. The van der Waals surface area contributed by atoms with Gasteiger partial charge in [0.25, 0.3) is 0 Å². The molecule has 12 heteroatoms. The predicted octanol–water partition coefficient (Wildman–Crippen LogP) is 9.20. The number of carboxylic acid groups (broad SMARTS) is 2. The number of hydrogen-bond donors (Lipinski definition) is 2. The summed E-state index contributed by atoms with van der Waals surface area (Å²) in [5.41, 5.74) is 3.28. The summed E-state index contributed by atoms with van der Waals surface area (Å²) >= 11 is 17.5. The number of halogens is 3. The standard InChI is InChI=1S/C31H20BrCl2N3O5S/c32-25-13-18(7-8-19(25)9-12-28(38)39)17-37(22-10-11-26(33)27(34)16-22)31-36-35-29(43-31)20-3-1-5-23(14-20)42-24-6-2-4-21(15-24)30(40)41/h1-16H,17H2,(H,38,39)(H,40,41)/b12-9+. The molecule has 0 aliphatic rings. The van der Waals surface area contributed by atoms with E-state index in [0.29, 0.717) is 38.2 Å². The number of carbonyl (C=O) groups is 2. The lowest BCUT2D eigenvalue weighted by Gasteiger charge is -2.22. The molecule has 1 aromatic heterocycles. The van der Waals surface area contributed by atoms with Gasteiger partial charge in [0.1, 0.15) is 16.5 Å². The van der Waals surface area contributed by atoms with Crippen LogP contribution in [0, 0.1) is 0 Å². The molecule has 2 N–H and O–H groups in total. The van der Waals surface area contributed by atoms with Crippen LogP contribution in [0.1, 0.15) is 21.5 Å². The average molecular weight is 697 g/mol. The lowest BCUT2D eigenvalue weighted by molar-refractivity contribution is -0.131. The lowest BCUT2D eigenvalue weighted by Crippen LogP contribution is -2.16. The van der Waals surface area contributed by atoms with Crippen LogP contribution in [0.15, 0.2) is 95.5 Å². The van der Waals surface area contributed by atoms with Gasteiger partial charge in [0, 0.05) is 21.8 Å². The Labute approximate surface area is 268 Å². The Balaban J connectivity index is 1.45. The van der Waals surface area contributed by atoms with Gasteiger partial charge >= 0.3 is 11.9 Å². The van der Waals surface area contributed by atoms with Gasteiger partial charge < -0.3 is 19.8 Å². The second kappa shape index (κ2) is 13.4. The maximum Gasteiger partial charge on any atom is 0.335 e. The maximum absolute atomic E-state index is 11.3. The van der Waals surface area contributed by atoms with Crippen molar-refractivity contribution in [2.24, 2.45) is 0 Å². The molecule has 0 aliphatic carbocycles. The molecule has 0 radical (unpaired) electrons. The fraction of sp³-hybridized carbons (Fsp3) is 0.0323. The summed E-state index contributed by atoms with van der Waals surface area (Å²) in [4.78, 5) is 24.2. The zero-order valence-electron chi connectivity index (χ0n) is 21.9. The van der Waals surface area contributed by atoms with Crippen LogP contribution in [0.5, 0.6) is 11.5 Å². The van der Waals surface area contributed by atoms with Crippen molar-refractivity contribution in [2.75, 3.05) is 4.90 Å². The molecule has 0 unspecified atom stereocenters. The van der Waals surface area contributed by atoms with Crippen molar-refractivity contribution in [1.82, 2.24) is 10.2 Å². The molecule has 0 amide bonds. The first-order valence-electron chi connectivity index (χ1n) is 12.5. The van der Waals surface area contributed by atoms with Gasteiger partial charge in [-0.15, -0.1) is 10.2 Å². The van der Waals surface area contributed by atoms with E-state index in [9.17, 15) is 14.7 Å².